The average Bonchev–Trinajstić information content (AvgIpc) is 3.18. The minimum Gasteiger partial charge on any atom is -0.468 e. The van der Waals surface area contributed by atoms with Gasteiger partial charge in [0.1, 0.15) is 11.5 Å². The second-order valence-corrected chi connectivity index (χ2v) is 5.49. The number of hydrogen-bond donors (Lipinski definition) is 0. The van der Waals surface area contributed by atoms with Gasteiger partial charge in [-0.1, -0.05) is 18.2 Å². The van der Waals surface area contributed by atoms with Crippen LogP contribution in [-0.4, -0.2) is 16.9 Å². The van der Waals surface area contributed by atoms with Crippen LogP contribution in [0, 0.1) is 6.92 Å². The molecule has 1 atom stereocenters. The van der Waals surface area contributed by atoms with Gasteiger partial charge in [0.2, 0.25) is 5.89 Å². The zero-order valence-electron chi connectivity index (χ0n) is 13.1. The molecule has 0 spiro atoms. The van der Waals surface area contributed by atoms with Gasteiger partial charge >= 0.3 is 0 Å². The quantitative estimate of drug-likeness (QED) is 0.698. The Morgan fingerprint density at radius 3 is 2.59 bits per heavy atom. The molecule has 0 amide bonds. The van der Waals surface area contributed by atoms with Crippen LogP contribution in [0.5, 0.6) is 0 Å². The summed E-state index contributed by atoms with van der Waals surface area (Å²) in [5.74, 6) is 2.48. The first-order chi connectivity index (χ1) is 10.6. The molecule has 0 aliphatic carbocycles. The Balaban J connectivity index is 1.77. The maximum atomic E-state index is 5.81. The lowest BCUT2D eigenvalue weighted by Crippen LogP contribution is -2.22. The van der Waals surface area contributed by atoms with Crippen molar-refractivity contribution in [2.24, 2.45) is 0 Å². The standard InChI is InChI=1S/C18H20N2O2/c1-13(17-10-7-11-21-17)20(3)12-16-14(2)22-18(19-16)15-8-5-4-6-9-15/h4-11,13H,12H2,1-3H3. The van der Waals surface area contributed by atoms with Crippen LogP contribution in [0.2, 0.25) is 0 Å². The lowest BCUT2D eigenvalue weighted by atomic mass is 10.2. The molecule has 0 saturated heterocycles. The molecule has 0 saturated carbocycles. The fourth-order valence-electron chi connectivity index (χ4n) is 2.40. The minimum atomic E-state index is 0.186. The van der Waals surface area contributed by atoms with Gasteiger partial charge in [-0.15, -0.1) is 0 Å². The van der Waals surface area contributed by atoms with E-state index in [1.807, 2.05) is 49.4 Å². The van der Waals surface area contributed by atoms with Gasteiger partial charge in [-0.2, -0.15) is 0 Å². The molecule has 1 unspecified atom stereocenters. The van der Waals surface area contributed by atoms with Gasteiger partial charge in [-0.3, -0.25) is 4.90 Å². The number of rotatable bonds is 5. The Labute approximate surface area is 130 Å². The predicted octanol–water partition coefficient (Wildman–Crippen LogP) is 4.44. The van der Waals surface area contributed by atoms with Crippen LogP contribution in [0.25, 0.3) is 11.5 Å². The molecule has 3 rings (SSSR count). The van der Waals surface area contributed by atoms with E-state index < -0.39 is 0 Å². The van der Waals surface area contributed by atoms with Gasteiger partial charge in [-0.05, 0) is 45.2 Å². The van der Waals surface area contributed by atoms with E-state index in [1.165, 1.54) is 0 Å². The first-order valence-corrected chi connectivity index (χ1v) is 7.40. The van der Waals surface area contributed by atoms with Crippen molar-refractivity contribution >= 4 is 0 Å². The smallest absolute Gasteiger partial charge is 0.226 e. The fraction of sp³-hybridized carbons (Fsp3) is 0.278. The molecule has 0 aliphatic heterocycles. The molecule has 0 fully saturated rings. The third-order valence-electron chi connectivity index (χ3n) is 3.93. The first kappa shape index (κ1) is 14.6. The van der Waals surface area contributed by atoms with Crippen LogP contribution in [-0.2, 0) is 6.54 Å². The van der Waals surface area contributed by atoms with E-state index in [-0.39, 0.29) is 6.04 Å². The maximum Gasteiger partial charge on any atom is 0.226 e. The maximum absolute atomic E-state index is 5.81. The van der Waals surface area contributed by atoms with Crippen LogP contribution in [0.15, 0.2) is 57.6 Å². The summed E-state index contributed by atoms with van der Waals surface area (Å²) in [5.41, 5.74) is 1.96. The summed E-state index contributed by atoms with van der Waals surface area (Å²) < 4.78 is 11.3. The van der Waals surface area contributed by atoms with Gasteiger partial charge in [0.05, 0.1) is 18.0 Å². The first-order valence-electron chi connectivity index (χ1n) is 7.40. The highest BCUT2D eigenvalue weighted by molar-refractivity contribution is 5.53. The Morgan fingerprint density at radius 1 is 1.14 bits per heavy atom. The topological polar surface area (TPSA) is 42.4 Å². The molecule has 0 radical (unpaired) electrons. The molecule has 0 N–H and O–H groups in total. The Kier molecular flexibility index (Phi) is 4.11. The highest BCUT2D eigenvalue weighted by Crippen LogP contribution is 2.25. The highest BCUT2D eigenvalue weighted by atomic mass is 16.4. The van der Waals surface area contributed by atoms with Crippen molar-refractivity contribution in [2.75, 3.05) is 7.05 Å². The molecule has 4 nitrogen and oxygen atoms in total. The predicted molar refractivity (Wildman–Crippen MR) is 85.3 cm³/mol. The van der Waals surface area contributed by atoms with Gasteiger partial charge in [0.25, 0.3) is 0 Å². The summed E-state index contributed by atoms with van der Waals surface area (Å²) in [7, 11) is 2.06. The summed E-state index contributed by atoms with van der Waals surface area (Å²) in [5, 5.41) is 0. The minimum absolute atomic E-state index is 0.186. The van der Waals surface area contributed by atoms with Crippen molar-refractivity contribution in [1.29, 1.82) is 0 Å². The van der Waals surface area contributed by atoms with Crippen LogP contribution in [0.3, 0.4) is 0 Å². The van der Waals surface area contributed by atoms with Crippen molar-refractivity contribution in [3.63, 3.8) is 0 Å². The molecular formula is C18H20N2O2. The normalized spacial score (nSPS) is 12.7. The molecule has 4 heteroatoms. The molecule has 2 aromatic heterocycles. The van der Waals surface area contributed by atoms with Crippen LogP contribution in [0.1, 0.15) is 30.2 Å². The number of oxazole rings is 1. The number of furan rings is 1. The largest absolute Gasteiger partial charge is 0.468 e. The summed E-state index contributed by atoms with van der Waals surface area (Å²) in [6.45, 7) is 4.79. The van der Waals surface area contributed by atoms with E-state index in [0.29, 0.717) is 12.4 Å². The summed E-state index contributed by atoms with van der Waals surface area (Å²) in [6, 6.07) is 14.1. The van der Waals surface area contributed by atoms with E-state index in [9.17, 15) is 0 Å². The second kappa shape index (κ2) is 6.20. The zero-order valence-corrected chi connectivity index (χ0v) is 13.1. The molecule has 0 aliphatic rings. The van der Waals surface area contributed by atoms with Crippen LogP contribution in [0.4, 0.5) is 0 Å². The number of hydrogen-bond acceptors (Lipinski definition) is 4. The molecule has 1 aromatic carbocycles. The SMILES string of the molecule is Cc1oc(-c2ccccc2)nc1CN(C)C(C)c1ccco1. The molecule has 22 heavy (non-hydrogen) atoms. The number of aromatic nitrogens is 1. The van der Waals surface area contributed by atoms with Gasteiger partial charge in [0, 0.05) is 12.1 Å². The third-order valence-corrected chi connectivity index (χ3v) is 3.93. The van der Waals surface area contributed by atoms with Crippen LogP contribution < -0.4 is 0 Å². The number of benzene rings is 1. The average molecular weight is 296 g/mol. The molecule has 3 aromatic rings. The van der Waals surface area contributed by atoms with E-state index >= 15 is 0 Å². The zero-order chi connectivity index (χ0) is 15.5. The van der Waals surface area contributed by atoms with E-state index in [1.54, 1.807) is 6.26 Å². The van der Waals surface area contributed by atoms with Crippen molar-refractivity contribution in [3.8, 4) is 11.5 Å². The third kappa shape index (κ3) is 2.97. The van der Waals surface area contributed by atoms with Crippen molar-refractivity contribution < 1.29 is 8.83 Å². The fourth-order valence-corrected chi connectivity index (χ4v) is 2.40. The number of aryl methyl sites for hydroxylation is 1. The van der Waals surface area contributed by atoms with Crippen LogP contribution >= 0.6 is 0 Å². The van der Waals surface area contributed by atoms with Gasteiger partial charge in [-0.25, -0.2) is 4.98 Å². The Morgan fingerprint density at radius 2 is 1.91 bits per heavy atom. The van der Waals surface area contributed by atoms with Crippen molar-refractivity contribution in [1.82, 2.24) is 9.88 Å². The monoisotopic (exact) mass is 296 g/mol. The second-order valence-electron chi connectivity index (χ2n) is 5.49. The molecule has 0 bridgehead atoms. The highest BCUT2D eigenvalue weighted by Gasteiger charge is 2.18. The van der Waals surface area contributed by atoms with E-state index in [4.69, 9.17) is 8.83 Å². The lowest BCUT2D eigenvalue weighted by molar-refractivity contribution is 0.220. The Bertz CT molecular complexity index is 717. The van der Waals surface area contributed by atoms with Crippen molar-refractivity contribution in [3.05, 3.63) is 65.9 Å². The van der Waals surface area contributed by atoms with Gasteiger partial charge < -0.3 is 8.83 Å². The van der Waals surface area contributed by atoms with Gasteiger partial charge in [0.15, 0.2) is 0 Å². The molecular weight excluding hydrogens is 276 g/mol. The number of nitrogens with zero attached hydrogens (tertiary/aromatic N) is 2. The summed E-state index contributed by atoms with van der Waals surface area (Å²) in [6.07, 6.45) is 1.70. The van der Waals surface area contributed by atoms with E-state index in [0.717, 1.165) is 22.8 Å². The van der Waals surface area contributed by atoms with Crippen molar-refractivity contribution in [2.45, 2.75) is 26.4 Å². The Hall–Kier alpha value is -2.33. The molecule has 2 heterocycles. The molecule has 114 valence electrons. The summed E-state index contributed by atoms with van der Waals surface area (Å²) >= 11 is 0. The lowest BCUT2D eigenvalue weighted by Gasteiger charge is -2.21. The summed E-state index contributed by atoms with van der Waals surface area (Å²) in [4.78, 5) is 6.84. The van der Waals surface area contributed by atoms with E-state index in [2.05, 4.69) is 23.9 Å².